The van der Waals surface area contributed by atoms with Crippen LogP contribution >= 0.6 is 0 Å². The largest absolute Gasteiger partial charge is 0.487 e. The van der Waals surface area contributed by atoms with E-state index in [1.165, 1.54) is 17.0 Å². The lowest BCUT2D eigenvalue weighted by molar-refractivity contribution is -0.139. The Morgan fingerprint density at radius 1 is 1.19 bits per heavy atom. The van der Waals surface area contributed by atoms with Gasteiger partial charge >= 0.3 is 6.03 Å². The monoisotopic (exact) mass is 428 g/mol. The summed E-state index contributed by atoms with van der Waals surface area (Å²) in [6.45, 7) is 2.52. The van der Waals surface area contributed by atoms with Gasteiger partial charge in [-0.1, -0.05) is 12.1 Å². The van der Waals surface area contributed by atoms with Crippen LogP contribution in [0.25, 0.3) is 0 Å². The van der Waals surface area contributed by atoms with Gasteiger partial charge in [-0.25, -0.2) is 9.18 Å². The zero-order valence-corrected chi connectivity index (χ0v) is 17.1. The predicted molar refractivity (Wildman–Crippen MR) is 110 cm³/mol. The topological polar surface area (TPSA) is 84.0 Å². The van der Waals surface area contributed by atoms with E-state index >= 15 is 0 Å². The molecule has 1 aromatic carbocycles. The normalized spacial score (nSPS) is 21.1. The molecular formula is C22H25FN4O4. The van der Waals surface area contributed by atoms with Crippen molar-refractivity contribution in [3.63, 3.8) is 0 Å². The molecule has 1 aromatic heterocycles. The highest BCUT2D eigenvalue weighted by Gasteiger charge is 2.42. The van der Waals surface area contributed by atoms with Crippen LogP contribution in [-0.4, -0.2) is 71.7 Å². The lowest BCUT2D eigenvalue weighted by Gasteiger charge is -2.32. The van der Waals surface area contributed by atoms with Crippen molar-refractivity contribution in [2.45, 2.75) is 25.1 Å². The first-order chi connectivity index (χ1) is 15.1. The van der Waals surface area contributed by atoms with Crippen LogP contribution in [0.3, 0.4) is 0 Å². The van der Waals surface area contributed by atoms with Crippen LogP contribution in [-0.2, 0) is 16.1 Å². The van der Waals surface area contributed by atoms with Gasteiger partial charge in [0.25, 0.3) is 0 Å². The molecule has 3 heterocycles. The highest BCUT2D eigenvalue weighted by Crippen LogP contribution is 2.25. The minimum absolute atomic E-state index is 0.0995. The Labute approximate surface area is 179 Å². The molecule has 4 rings (SSSR count). The minimum atomic E-state index is -0.618. The SMILES string of the molecule is O=C([C@H]1C[C@H](Oc2cccnc2)CN1C(=O)NCc1ccc(F)cc1)N1CCOCC1. The van der Waals surface area contributed by atoms with Crippen LogP contribution in [0.1, 0.15) is 12.0 Å². The quantitative estimate of drug-likeness (QED) is 0.785. The van der Waals surface area contributed by atoms with Crippen LogP contribution in [0.2, 0.25) is 0 Å². The number of aromatic nitrogens is 1. The second-order valence-corrected chi connectivity index (χ2v) is 7.56. The highest BCUT2D eigenvalue weighted by atomic mass is 19.1. The fraction of sp³-hybridized carbons (Fsp3) is 0.409. The van der Waals surface area contributed by atoms with Crippen molar-refractivity contribution in [2.75, 3.05) is 32.8 Å². The maximum Gasteiger partial charge on any atom is 0.318 e. The van der Waals surface area contributed by atoms with E-state index in [2.05, 4.69) is 10.3 Å². The average Bonchev–Trinajstić information content (AvgIpc) is 3.23. The molecule has 1 N–H and O–H groups in total. The van der Waals surface area contributed by atoms with E-state index in [0.717, 1.165) is 5.56 Å². The standard InChI is InChI=1S/C22H25FN4O4/c23-17-5-3-16(4-6-17)13-25-22(29)27-15-19(31-18-2-1-7-24-14-18)12-20(27)21(28)26-8-10-30-11-9-26/h1-7,14,19-20H,8-13,15H2,(H,25,29)/t19-,20+/m0/s1. The molecule has 0 unspecified atom stereocenters. The van der Waals surface area contributed by atoms with Gasteiger partial charge in [0.1, 0.15) is 23.7 Å². The number of halogens is 1. The van der Waals surface area contributed by atoms with Crippen LogP contribution in [0.5, 0.6) is 5.75 Å². The summed E-state index contributed by atoms with van der Waals surface area (Å²) in [6, 6.07) is 8.52. The fourth-order valence-electron chi connectivity index (χ4n) is 3.83. The molecule has 9 heteroatoms. The maximum absolute atomic E-state index is 13.2. The number of morpholine rings is 1. The molecule has 2 aliphatic rings. The molecule has 0 spiro atoms. The average molecular weight is 428 g/mol. The van der Waals surface area contributed by atoms with Crippen LogP contribution in [0.4, 0.5) is 9.18 Å². The van der Waals surface area contributed by atoms with Gasteiger partial charge in [0.05, 0.1) is 26.0 Å². The van der Waals surface area contributed by atoms with E-state index in [1.54, 1.807) is 41.6 Å². The number of urea groups is 1. The molecule has 8 nitrogen and oxygen atoms in total. The van der Waals surface area contributed by atoms with Crippen molar-refractivity contribution >= 4 is 11.9 Å². The van der Waals surface area contributed by atoms with E-state index in [4.69, 9.17) is 9.47 Å². The van der Waals surface area contributed by atoms with Crippen molar-refractivity contribution < 1.29 is 23.5 Å². The van der Waals surface area contributed by atoms with E-state index < -0.39 is 6.04 Å². The van der Waals surface area contributed by atoms with Crippen molar-refractivity contribution in [3.8, 4) is 5.75 Å². The Hall–Kier alpha value is -3.20. The summed E-state index contributed by atoms with van der Waals surface area (Å²) in [4.78, 5) is 33.4. The lowest BCUT2D eigenvalue weighted by Crippen LogP contribution is -2.52. The number of ether oxygens (including phenoxy) is 2. The van der Waals surface area contributed by atoms with E-state index in [1.807, 2.05) is 0 Å². The summed E-state index contributed by atoms with van der Waals surface area (Å²) in [7, 11) is 0. The number of nitrogens with one attached hydrogen (secondary N) is 1. The Morgan fingerprint density at radius 2 is 1.97 bits per heavy atom. The molecular weight excluding hydrogens is 403 g/mol. The zero-order chi connectivity index (χ0) is 21.6. The van der Waals surface area contributed by atoms with Crippen molar-refractivity contribution in [1.82, 2.24) is 20.1 Å². The number of hydrogen-bond acceptors (Lipinski definition) is 5. The molecule has 164 valence electrons. The second kappa shape index (κ2) is 9.74. The summed E-state index contributed by atoms with van der Waals surface area (Å²) in [5.41, 5.74) is 0.771. The van der Waals surface area contributed by atoms with Gasteiger partial charge in [0, 0.05) is 32.3 Å². The molecule has 3 amide bonds. The predicted octanol–water partition coefficient (Wildman–Crippen LogP) is 1.81. The first kappa shape index (κ1) is 21.0. The first-order valence-electron chi connectivity index (χ1n) is 10.3. The van der Waals surface area contributed by atoms with Gasteiger partial charge < -0.3 is 24.6 Å². The van der Waals surface area contributed by atoms with E-state index in [-0.39, 0.29) is 36.9 Å². The molecule has 2 atom stereocenters. The fourth-order valence-corrected chi connectivity index (χ4v) is 3.83. The Balaban J connectivity index is 1.44. The number of nitrogens with zero attached hydrogens (tertiary/aromatic N) is 3. The van der Waals surface area contributed by atoms with Crippen LogP contribution < -0.4 is 10.1 Å². The third kappa shape index (κ3) is 5.29. The minimum Gasteiger partial charge on any atom is -0.487 e. The smallest absolute Gasteiger partial charge is 0.318 e. The van der Waals surface area contributed by atoms with Gasteiger partial charge in [0.15, 0.2) is 0 Å². The zero-order valence-electron chi connectivity index (χ0n) is 17.1. The summed E-state index contributed by atoms with van der Waals surface area (Å²) in [5.74, 6) is 0.164. The summed E-state index contributed by atoms with van der Waals surface area (Å²) in [6.07, 6.45) is 3.34. The molecule has 0 bridgehead atoms. The van der Waals surface area contributed by atoms with Gasteiger partial charge in [0.2, 0.25) is 5.91 Å². The van der Waals surface area contributed by atoms with E-state index in [9.17, 15) is 14.0 Å². The van der Waals surface area contributed by atoms with Crippen LogP contribution in [0.15, 0.2) is 48.8 Å². The number of pyridine rings is 1. The molecule has 0 aliphatic carbocycles. The molecule has 2 fully saturated rings. The summed E-state index contributed by atoms with van der Waals surface area (Å²) in [5, 5.41) is 2.83. The number of carbonyl (C=O) groups excluding carboxylic acids is 2. The number of likely N-dealkylation sites (tertiary alicyclic amines) is 1. The highest BCUT2D eigenvalue weighted by molar-refractivity contribution is 5.88. The number of hydrogen-bond donors (Lipinski definition) is 1. The third-order valence-electron chi connectivity index (χ3n) is 5.43. The Morgan fingerprint density at radius 3 is 2.68 bits per heavy atom. The number of amides is 3. The molecule has 0 saturated carbocycles. The Bertz CT molecular complexity index is 890. The lowest BCUT2D eigenvalue weighted by atomic mass is 10.1. The number of carbonyl (C=O) groups is 2. The van der Waals surface area contributed by atoms with Crippen LogP contribution in [0, 0.1) is 5.82 Å². The van der Waals surface area contributed by atoms with Gasteiger partial charge in [-0.3, -0.25) is 9.78 Å². The number of rotatable bonds is 5. The maximum atomic E-state index is 13.2. The van der Waals surface area contributed by atoms with Gasteiger partial charge in [-0.05, 0) is 29.8 Å². The van der Waals surface area contributed by atoms with E-state index in [0.29, 0.717) is 38.5 Å². The van der Waals surface area contributed by atoms with Gasteiger partial charge in [-0.2, -0.15) is 0 Å². The number of benzene rings is 1. The van der Waals surface area contributed by atoms with Crippen molar-refractivity contribution in [1.29, 1.82) is 0 Å². The second-order valence-electron chi connectivity index (χ2n) is 7.56. The molecule has 2 saturated heterocycles. The molecule has 2 aromatic rings. The van der Waals surface area contributed by atoms with Gasteiger partial charge in [-0.15, -0.1) is 0 Å². The molecule has 2 aliphatic heterocycles. The summed E-state index contributed by atoms with van der Waals surface area (Å²) < 4.78 is 24.4. The summed E-state index contributed by atoms with van der Waals surface area (Å²) >= 11 is 0. The molecule has 31 heavy (non-hydrogen) atoms. The van der Waals surface area contributed by atoms with Crippen molar-refractivity contribution in [3.05, 3.63) is 60.2 Å². The third-order valence-corrected chi connectivity index (χ3v) is 5.43. The Kier molecular flexibility index (Phi) is 6.61. The molecule has 0 radical (unpaired) electrons. The van der Waals surface area contributed by atoms with Crippen molar-refractivity contribution in [2.24, 2.45) is 0 Å². The first-order valence-corrected chi connectivity index (χ1v) is 10.3.